The Morgan fingerprint density at radius 2 is 1.81 bits per heavy atom. The third-order valence-corrected chi connectivity index (χ3v) is 3.48. The molecule has 0 saturated heterocycles. The second kappa shape index (κ2) is 3.82. The SMILES string of the molecule is Clc1ccc2nc3c(I)cccc3nc2c1. The minimum atomic E-state index is 0.687. The van der Waals surface area contributed by atoms with Gasteiger partial charge in [-0.05, 0) is 52.9 Å². The summed E-state index contributed by atoms with van der Waals surface area (Å²) in [4.78, 5) is 9.14. The maximum atomic E-state index is 5.93. The molecular weight excluding hydrogens is 335 g/mol. The minimum Gasteiger partial charge on any atom is -0.244 e. The van der Waals surface area contributed by atoms with Crippen molar-refractivity contribution in [1.82, 2.24) is 9.97 Å². The summed E-state index contributed by atoms with van der Waals surface area (Å²) in [5.74, 6) is 0. The first-order valence-corrected chi connectivity index (χ1v) is 6.21. The Kier molecular flexibility index (Phi) is 2.44. The van der Waals surface area contributed by atoms with Crippen LogP contribution in [0.1, 0.15) is 0 Å². The standard InChI is InChI=1S/C12H6ClIN2/c13-7-4-5-9-11(6-7)15-10-3-1-2-8(14)12(10)16-9/h1-6H. The van der Waals surface area contributed by atoms with Crippen LogP contribution in [-0.4, -0.2) is 9.97 Å². The Morgan fingerprint density at radius 3 is 2.69 bits per heavy atom. The number of halogens is 2. The quantitative estimate of drug-likeness (QED) is 0.456. The molecule has 0 aliphatic carbocycles. The molecule has 0 saturated carbocycles. The minimum absolute atomic E-state index is 0.687. The van der Waals surface area contributed by atoms with Crippen LogP contribution in [0.4, 0.5) is 0 Å². The van der Waals surface area contributed by atoms with Crippen molar-refractivity contribution in [3.05, 3.63) is 45.0 Å². The van der Waals surface area contributed by atoms with Gasteiger partial charge < -0.3 is 0 Å². The molecule has 78 valence electrons. The molecule has 0 fully saturated rings. The molecule has 16 heavy (non-hydrogen) atoms. The van der Waals surface area contributed by atoms with Gasteiger partial charge in [0.1, 0.15) is 5.52 Å². The molecule has 0 spiro atoms. The Labute approximate surface area is 111 Å². The zero-order chi connectivity index (χ0) is 11.1. The van der Waals surface area contributed by atoms with E-state index in [1.165, 1.54) is 0 Å². The smallest absolute Gasteiger partial charge is 0.103 e. The van der Waals surface area contributed by atoms with Gasteiger partial charge in [0.15, 0.2) is 0 Å². The predicted molar refractivity (Wildman–Crippen MR) is 74.8 cm³/mol. The molecule has 0 aliphatic rings. The molecule has 0 atom stereocenters. The lowest BCUT2D eigenvalue weighted by Crippen LogP contribution is -1.89. The number of rotatable bonds is 0. The third kappa shape index (κ3) is 1.64. The summed E-state index contributed by atoms with van der Waals surface area (Å²) in [6.45, 7) is 0. The van der Waals surface area contributed by atoms with E-state index in [9.17, 15) is 0 Å². The first kappa shape index (κ1) is 10.2. The Balaban J connectivity index is 2.49. The van der Waals surface area contributed by atoms with E-state index >= 15 is 0 Å². The fourth-order valence-electron chi connectivity index (χ4n) is 1.64. The largest absolute Gasteiger partial charge is 0.244 e. The van der Waals surface area contributed by atoms with Gasteiger partial charge in [0.2, 0.25) is 0 Å². The van der Waals surface area contributed by atoms with Crippen molar-refractivity contribution >= 4 is 56.3 Å². The van der Waals surface area contributed by atoms with E-state index in [1.54, 1.807) is 0 Å². The van der Waals surface area contributed by atoms with Crippen LogP contribution in [0.2, 0.25) is 5.02 Å². The van der Waals surface area contributed by atoms with Crippen LogP contribution in [0.3, 0.4) is 0 Å². The zero-order valence-electron chi connectivity index (χ0n) is 8.11. The monoisotopic (exact) mass is 340 g/mol. The highest BCUT2D eigenvalue weighted by Gasteiger charge is 2.04. The summed E-state index contributed by atoms with van der Waals surface area (Å²) in [6, 6.07) is 11.5. The highest BCUT2D eigenvalue weighted by molar-refractivity contribution is 14.1. The number of hydrogen-bond donors (Lipinski definition) is 0. The van der Waals surface area contributed by atoms with Crippen molar-refractivity contribution in [3.8, 4) is 0 Å². The van der Waals surface area contributed by atoms with Crippen LogP contribution >= 0.6 is 34.2 Å². The van der Waals surface area contributed by atoms with E-state index in [0.29, 0.717) is 5.02 Å². The molecule has 4 heteroatoms. The summed E-state index contributed by atoms with van der Waals surface area (Å²) in [5, 5.41) is 0.687. The lowest BCUT2D eigenvalue weighted by Gasteiger charge is -2.02. The summed E-state index contributed by atoms with van der Waals surface area (Å²) < 4.78 is 1.11. The van der Waals surface area contributed by atoms with Crippen LogP contribution in [0.5, 0.6) is 0 Å². The lowest BCUT2D eigenvalue weighted by atomic mass is 10.2. The van der Waals surface area contributed by atoms with Gasteiger partial charge in [-0.3, -0.25) is 0 Å². The maximum absolute atomic E-state index is 5.93. The molecule has 0 N–H and O–H groups in total. The second-order valence-electron chi connectivity index (χ2n) is 3.46. The lowest BCUT2D eigenvalue weighted by molar-refractivity contribution is 1.38. The van der Waals surface area contributed by atoms with Crippen LogP contribution in [0.15, 0.2) is 36.4 Å². The van der Waals surface area contributed by atoms with Crippen LogP contribution < -0.4 is 0 Å². The first-order valence-electron chi connectivity index (χ1n) is 4.75. The second-order valence-corrected chi connectivity index (χ2v) is 5.06. The van der Waals surface area contributed by atoms with E-state index < -0.39 is 0 Å². The van der Waals surface area contributed by atoms with Crippen molar-refractivity contribution in [3.63, 3.8) is 0 Å². The molecule has 0 bridgehead atoms. The van der Waals surface area contributed by atoms with E-state index in [-0.39, 0.29) is 0 Å². The van der Waals surface area contributed by atoms with Crippen molar-refractivity contribution < 1.29 is 0 Å². The van der Waals surface area contributed by atoms with Crippen molar-refractivity contribution in [2.24, 2.45) is 0 Å². The van der Waals surface area contributed by atoms with Gasteiger partial charge in [-0.1, -0.05) is 17.7 Å². The number of nitrogens with zero attached hydrogens (tertiary/aromatic N) is 2. The van der Waals surface area contributed by atoms with Gasteiger partial charge in [-0.25, -0.2) is 9.97 Å². The summed E-state index contributed by atoms with van der Waals surface area (Å²) in [7, 11) is 0. The summed E-state index contributed by atoms with van der Waals surface area (Å²) in [5.41, 5.74) is 3.56. The van der Waals surface area contributed by atoms with Gasteiger partial charge in [0.25, 0.3) is 0 Å². The number of hydrogen-bond acceptors (Lipinski definition) is 2. The zero-order valence-corrected chi connectivity index (χ0v) is 11.0. The molecule has 0 unspecified atom stereocenters. The van der Waals surface area contributed by atoms with Gasteiger partial charge in [-0.2, -0.15) is 0 Å². The first-order chi connectivity index (χ1) is 7.74. The molecule has 3 rings (SSSR count). The molecule has 0 radical (unpaired) electrons. The summed E-state index contributed by atoms with van der Waals surface area (Å²) in [6.07, 6.45) is 0. The van der Waals surface area contributed by atoms with Crippen molar-refractivity contribution in [2.75, 3.05) is 0 Å². The number of para-hydroxylation sites is 1. The highest BCUT2D eigenvalue weighted by Crippen LogP contribution is 2.22. The fraction of sp³-hybridized carbons (Fsp3) is 0. The van der Waals surface area contributed by atoms with E-state index in [0.717, 1.165) is 25.6 Å². The Morgan fingerprint density at radius 1 is 0.938 bits per heavy atom. The molecule has 0 amide bonds. The molecule has 0 aliphatic heterocycles. The van der Waals surface area contributed by atoms with E-state index in [1.807, 2.05) is 36.4 Å². The Hall–Kier alpha value is -0.940. The average Bonchev–Trinajstić information content (AvgIpc) is 2.27. The molecule has 1 aromatic heterocycles. The predicted octanol–water partition coefficient (Wildman–Crippen LogP) is 4.04. The van der Waals surface area contributed by atoms with Crippen molar-refractivity contribution in [2.45, 2.75) is 0 Å². The molecule has 2 nitrogen and oxygen atoms in total. The van der Waals surface area contributed by atoms with Crippen LogP contribution in [0, 0.1) is 3.57 Å². The van der Waals surface area contributed by atoms with E-state index in [2.05, 4.69) is 32.6 Å². The molecule has 1 heterocycles. The number of fused-ring (bicyclic) bond motifs is 2. The fourth-order valence-corrected chi connectivity index (χ4v) is 2.41. The van der Waals surface area contributed by atoms with Gasteiger partial charge in [-0.15, -0.1) is 0 Å². The van der Waals surface area contributed by atoms with Gasteiger partial charge >= 0.3 is 0 Å². The van der Waals surface area contributed by atoms with Crippen molar-refractivity contribution in [1.29, 1.82) is 0 Å². The third-order valence-electron chi connectivity index (χ3n) is 2.38. The van der Waals surface area contributed by atoms with E-state index in [4.69, 9.17) is 11.6 Å². The average molecular weight is 341 g/mol. The van der Waals surface area contributed by atoms with Gasteiger partial charge in [0.05, 0.1) is 16.6 Å². The molecule has 3 aromatic rings. The van der Waals surface area contributed by atoms with Crippen LogP contribution in [-0.2, 0) is 0 Å². The molecular formula is C12H6ClIN2. The summed E-state index contributed by atoms with van der Waals surface area (Å²) >= 11 is 8.20. The topological polar surface area (TPSA) is 25.8 Å². The molecule has 2 aromatic carbocycles. The van der Waals surface area contributed by atoms with Crippen LogP contribution in [0.25, 0.3) is 22.1 Å². The van der Waals surface area contributed by atoms with Gasteiger partial charge in [0, 0.05) is 8.59 Å². The number of aromatic nitrogens is 2. The maximum Gasteiger partial charge on any atom is 0.103 e. The highest BCUT2D eigenvalue weighted by atomic mass is 127. The number of benzene rings is 2. The normalized spacial score (nSPS) is 11.1. The Bertz CT molecular complexity index is 696.